The predicted molar refractivity (Wildman–Crippen MR) is 79.0 cm³/mol. The van der Waals surface area contributed by atoms with E-state index in [1.165, 1.54) is 5.56 Å². The van der Waals surface area contributed by atoms with Crippen molar-refractivity contribution in [3.05, 3.63) is 35.9 Å². The summed E-state index contributed by atoms with van der Waals surface area (Å²) in [5.41, 5.74) is 1.18. The summed E-state index contributed by atoms with van der Waals surface area (Å²) >= 11 is 0. The molecule has 2 N–H and O–H groups in total. The summed E-state index contributed by atoms with van der Waals surface area (Å²) in [7, 11) is 0. The first-order valence-electron chi connectivity index (χ1n) is 7.17. The highest BCUT2D eigenvalue weighted by Gasteiger charge is 2.36. The standard InChI is InChI=1S/C12H16O3.C4H8O2/c1-12(14-9-11(8-13)15-12)7-10-5-3-2-4-6-10;1-2-3-4(5)6/h2-6,11,13H,7-9H2,1H3;2-3H2,1H3,(H,5,6). The maximum Gasteiger partial charge on any atom is 0.303 e. The first-order chi connectivity index (χ1) is 9.99. The van der Waals surface area contributed by atoms with Crippen LogP contribution in [-0.2, 0) is 20.7 Å². The van der Waals surface area contributed by atoms with Gasteiger partial charge in [0.1, 0.15) is 6.10 Å². The highest BCUT2D eigenvalue weighted by atomic mass is 16.7. The van der Waals surface area contributed by atoms with Gasteiger partial charge in [0.25, 0.3) is 0 Å². The third-order valence-corrected chi connectivity index (χ3v) is 3.03. The van der Waals surface area contributed by atoms with Crippen molar-refractivity contribution in [2.24, 2.45) is 0 Å². The molecular formula is C16H24O5. The zero-order chi connectivity index (χ0) is 15.7. The molecule has 1 aliphatic rings. The van der Waals surface area contributed by atoms with Crippen molar-refractivity contribution in [1.29, 1.82) is 0 Å². The van der Waals surface area contributed by atoms with Gasteiger partial charge in [0.05, 0.1) is 13.2 Å². The lowest BCUT2D eigenvalue weighted by atomic mass is 10.1. The molecule has 0 aromatic heterocycles. The molecule has 2 unspecified atom stereocenters. The van der Waals surface area contributed by atoms with Crippen LogP contribution in [0.15, 0.2) is 30.3 Å². The number of hydrogen-bond donors (Lipinski definition) is 2. The summed E-state index contributed by atoms with van der Waals surface area (Å²) in [6, 6.07) is 10.1. The number of hydrogen-bond acceptors (Lipinski definition) is 4. The van der Waals surface area contributed by atoms with Crippen LogP contribution in [0.3, 0.4) is 0 Å². The first-order valence-corrected chi connectivity index (χ1v) is 7.17. The molecular weight excluding hydrogens is 272 g/mol. The summed E-state index contributed by atoms with van der Waals surface area (Å²) in [4.78, 5) is 9.60. The first kappa shape index (κ1) is 17.6. The zero-order valence-corrected chi connectivity index (χ0v) is 12.6. The van der Waals surface area contributed by atoms with Crippen molar-refractivity contribution in [2.75, 3.05) is 13.2 Å². The maximum atomic E-state index is 9.60. The van der Waals surface area contributed by atoms with E-state index in [1.54, 1.807) is 0 Å². The molecule has 0 aliphatic carbocycles. The molecule has 1 fully saturated rings. The molecule has 1 saturated heterocycles. The fraction of sp³-hybridized carbons (Fsp3) is 0.562. The van der Waals surface area contributed by atoms with E-state index in [4.69, 9.17) is 19.7 Å². The van der Waals surface area contributed by atoms with E-state index in [-0.39, 0.29) is 12.7 Å². The molecule has 2 rings (SSSR count). The SMILES string of the molecule is CC1(Cc2ccccc2)OCC(CO)O1.CCCC(=O)O. The third-order valence-electron chi connectivity index (χ3n) is 3.03. The number of aliphatic hydroxyl groups excluding tert-OH is 1. The minimum absolute atomic E-state index is 0.0182. The Kier molecular flexibility index (Phi) is 7.36. The number of aliphatic hydroxyl groups is 1. The summed E-state index contributed by atoms with van der Waals surface area (Å²) in [6.45, 7) is 4.24. The Morgan fingerprint density at radius 3 is 2.48 bits per heavy atom. The van der Waals surface area contributed by atoms with E-state index in [9.17, 15) is 4.79 Å². The van der Waals surface area contributed by atoms with Gasteiger partial charge in [-0.3, -0.25) is 4.79 Å². The van der Waals surface area contributed by atoms with E-state index in [0.717, 1.165) is 6.42 Å². The van der Waals surface area contributed by atoms with Gasteiger partial charge in [0, 0.05) is 12.8 Å². The lowest BCUT2D eigenvalue weighted by Crippen LogP contribution is -2.30. The number of carbonyl (C=O) groups is 1. The van der Waals surface area contributed by atoms with Crippen LogP contribution in [-0.4, -0.2) is 41.3 Å². The number of carboxylic acids is 1. The summed E-state index contributed by atoms with van der Waals surface area (Å²) in [5.74, 6) is -1.30. The van der Waals surface area contributed by atoms with E-state index < -0.39 is 11.8 Å². The lowest BCUT2D eigenvalue weighted by molar-refractivity contribution is -0.156. The highest BCUT2D eigenvalue weighted by Crippen LogP contribution is 2.26. The lowest BCUT2D eigenvalue weighted by Gasteiger charge is -2.23. The molecule has 5 heteroatoms. The summed E-state index contributed by atoms with van der Waals surface area (Å²) in [5, 5.41) is 16.9. The molecule has 1 aliphatic heterocycles. The predicted octanol–water partition coefficient (Wildman–Crippen LogP) is 2.22. The molecule has 1 aromatic carbocycles. The van der Waals surface area contributed by atoms with Gasteiger partial charge in [-0.25, -0.2) is 0 Å². The van der Waals surface area contributed by atoms with Gasteiger partial charge in [0.2, 0.25) is 0 Å². The molecule has 0 spiro atoms. The number of aliphatic carboxylic acids is 1. The number of carboxylic acid groups (broad SMARTS) is 1. The minimum atomic E-state index is -0.711. The van der Waals surface area contributed by atoms with Crippen LogP contribution in [0.2, 0.25) is 0 Å². The van der Waals surface area contributed by atoms with Gasteiger partial charge in [-0.05, 0) is 18.9 Å². The number of benzene rings is 1. The van der Waals surface area contributed by atoms with Crippen molar-refractivity contribution in [1.82, 2.24) is 0 Å². The second-order valence-corrected chi connectivity index (χ2v) is 5.17. The van der Waals surface area contributed by atoms with E-state index >= 15 is 0 Å². The monoisotopic (exact) mass is 296 g/mol. The second-order valence-electron chi connectivity index (χ2n) is 5.17. The molecule has 0 radical (unpaired) electrons. The fourth-order valence-electron chi connectivity index (χ4n) is 2.05. The van der Waals surface area contributed by atoms with Crippen LogP contribution in [0.4, 0.5) is 0 Å². The topological polar surface area (TPSA) is 76.0 Å². The highest BCUT2D eigenvalue weighted by molar-refractivity contribution is 5.66. The molecule has 2 atom stereocenters. The molecule has 1 heterocycles. The van der Waals surface area contributed by atoms with Gasteiger partial charge in [-0.15, -0.1) is 0 Å². The van der Waals surface area contributed by atoms with E-state index in [0.29, 0.717) is 19.4 Å². The molecule has 0 saturated carbocycles. The molecule has 1 aromatic rings. The Morgan fingerprint density at radius 1 is 1.38 bits per heavy atom. The Labute approximate surface area is 125 Å². The summed E-state index contributed by atoms with van der Waals surface area (Å²) in [6.07, 6.45) is 1.55. The Balaban J connectivity index is 0.000000315. The largest absolute Gasteiger partial charge is 0.481 e. The second kappa shape index (κ2) is 8.77. The maximum absolute atomic E-state index is 9.60. The van der Waals surface area contributed by atoms with Crippen molar-refractivity contribution in [3.63, 3.8) is 0 Å². The third kappa shape index (κ3) is 6.71. The molecule has 0 bridgehead atoms. The van der Waals surface area contributed by atoms with Gasteiger partial charge in [-0.1, -0.05) is 37.3 Å². The van der Waals surface area contributed by atoms with Crippen LogP contribution >= 0.6 is 0 Å². The molecule has 5 nitrogen and oxygen atoms in total. The quantitative estimate of drug-likeness (QED) is 0.871. The fourth-order valence-corrected chi connectivity index (χ4v) is 2.05. The van der Waals surface area contributed by atoms with Crippen molar-refractivity contribution in [3.8, 4) is 0 Å². The average Bonchev–Trinajstić information content (AvgIpc) is 2.82. The smallest absolute Gasteiger partial charge is 0.303 e. The van der Waals surface area contributed by atoms with Crippen LogP contribution in [0.5, 0.6) is 0 Å². The Morgan fingerprint density at radius 2 is 2.05 bits per heavy atom. The Hall–Kier alpha value is -1.43. The van der Waals surface area contributed by atoms with Crippen LogP contribution in [0.1, 0.15) is 32.3 Å². The molecule has 21 heavy (non-hydrogen) atoms. The number of rotatable bonds is 5. The molecule has 0 amide bonds. The zero-order valence-electron chi connectivity index (χ0n) is 12.6. The van der Waals surface area contributed by atoms with Gasteiger partial charge in [0.15, 0.2) is 5.79 Å². The van der Waals surface area contributed by atoms with Crippen molar-refractivity contribution < 1.29 is 24.5 Å². The molecule has 118 valence electrons. The van der Waals surface area contributed by atoms with Crippen LogP contribution in [0.25, 0.3) is 0 Å². The van der Waals surface area contributed by atoms with Gasteiger partial charge >= 0.3 is 5.97 Å². The summed E-state index contributed by atoms with van der Waals surface area (Å²) < 4.78 is 11.2. The van der Waals surface area contributed by atoms with Gasteiger partial charge in [-0.2, -0.15) is 0 Å². The van der Waals surface area contributed by atoms with Crippen LogP contribution < -0.4 is 0 Å². The van der Waals surface area contributed by atoms with Gasteiger partial charge < -0.3 is 19.7 Å². The van der Waals surface area contributed by atoms with Crippen molar-refractivity contribution in [2.45, 2.75) is 45.0 Å². The Bertz CT molecular complexity index is 420. The van der Waals surface area contributed by atoms with E-state index in [2.05, 4.69) is 0 Å². The normalized spacial score (nSPS) is 24.2. The van der Waals surface area contributed by atoms with Crippen molar-refractivity contribution >= 4 is 5.97 Å². The number of ether oxygens (including phenoxy) is 2. The average molecular weight is 296 g/mol. The minimum Gasteiger partial charge on any atom is -0.481 e. The van der Waals surface area contributed by atoms with E-state index in [1.807, 2.05) is 44.2 Å². The van der Waals surface area contributed by atoms with Crippen LogP contribution in [0, 0.1) is 0 Å².